The molecule has 0 aromatic heterocycles. The summed E-state index contributed by atoms with van der Waals surface area (Å²) in [5.74, 6) is 0. The van der Waals surface area contributed by atoms with E-state index in [0.717, 1.165) is 49.7 Å². The van der Waals surface area contributed by atoms with E-state index in [-0.39, 0.29) is 103 Å². The van der Waals surface area contributed by atoms with Crippen molar-refractivity contribution in [2.75, 3.05) is 0 Å². The fourth-order valence-electron chi connectivity index (χ4n) is 8.10. The molecule has 0 heterocycles. The maximum atomic E-state index is 11.2. The summed E-state index contributed by atoms with van der Waals surface area (Å²) in [5.41, 5.74) is 2.55. The van der Waals surface area contributed by atoms with Crippen LogP contribution in [0.25, 0.3) is 0 Å². The van der Waals surface area contributed by atoms with Crippen molar-refractivity contribution in [2.24, 2.45) is 0 Å². The molecule has 0 amide bonds. The van der Waals surface area contributed by atoms with Crippen LogP contribution in [0.2, 0.25) is 0 Å². The van der Waals surface area contributed by atoms with Crippen LogP contribution in [0.4, 0.5) is 0 Å². The fraction of sp³-hybridized carbons (Fsp3) is 0.667. The predicted octanol–water partition coefficient (Wildman–Crippen LogP) is 6.17. The van der Waals surface area contributed by atoms with Gasteiger partial charge < -0.3 is 13.7 Å². The van der Waals surface area contributed by atoms with E-state index in [1.54, 1.807) is 30.3 Å². The van der Waals surface area contributed by atoms with Gasteiger partial charge in [0, 0.05) is 0 Å². The van der Waals surface area contributed by atoms with E-state index in [9.17, 15) is 38.9 Å². The third-order valence-corrected chi connectivity index (χ3v) is 14.7. The third-order valence-electron chi connectivity index (χ3n) is 12.1. The Morgan fingerprint density at radius 3 is 0.884 bits per heavy atom. The summed E-state index contributed by atoms with van der Waals surface area (Å²) in [6, 6.07) is 19.4. The second kappa shape index (κ2) is 46.9. The molecule has 3 aromatic rings. The molecule has 0 unspecified atom stereocenters. The fourth-order valence-corrected chi connectivity index (χ4v) is 9.92. The molecule has 69 heavy (non-hydrogen) atoms. The molecule has 0 aliphatic rings. The Balaban J connectivity index is -0.000000927. The molecule has 0 aliphatic carbocycles. The Morgan fingerprint density at radius 1 is 0.319 bits per heavy atom. The largest absolute Gasteiger partial charge is 1.00 e. The van der Waals surface area contributed by atoms with Crippen molar-refractivity contribution in [3.63, 3.8) is 0 Å². The van der Waals surface area contributed by atoms with E-state index in [2.05, 4.69) is 20.8 Å². The zero-order chi connectivity index (χ0) is 48.8. The molecular formula is C54H87Na3O9S3. The SMILES string of the molecule is CCCCCCCCCCCCc1cccc(S(=O)(=O)[O-])c1.CCCCCCCCCCCCc1cccc(S(=O)(=O)[O-])c1.CCCCCCCCCCCCc1ccccc1S(=O)(=O)[O-].[Na+].[Na+].[Na+]. The molecule has 0 atom stereocenters. The minimum atomic E-state index is -4.35. The molecule has 0 N–H and O–H groups in total. The summed E-state index contributed by atoms with van der Waals surface area (Å²) in [4.78, 5) is -0.278. The zero-order valence-corrected chi connectivity index (χ0v) is 52.6. The molecule has 15 heteroatoms. The number of aryl methyl sites for hydroxylation is 3. The average molecular weight is 1050 g/mol. The van der Waals surface area contributed by atoms with Crippen LogP contribution < -0.4 is 88.7 Å². The topological polar surface area (TPSA) is 172 Å². The van der Waals surface area contributed by atoms with Crippen LogP contribution in [0.5, 0.6) is 0 Å². The van der Waals surface area contributed by atoms with Gasteiger partial charge in [-0.15, -0.1) is 0 Å². The van der Waals surface area contributed by atoms with E-state index >= 15 is 0 Å². The summed E-state index contributed by atoms with van der Waals surface area (Å²) in [5, 5.41) is 0. The standard InChI is InChI=1S/3C18H30O3S.3Na/c1-2-3-4-5-6-7-8-9-10-11-14-17-15-12-13-16-18(17)22(19,20)21;2*1-2-3-4-5-6-7-8-9-10-11-13-17-14-12-15-18(16-17)22(19,20)21;;;/h12-13,15-16H,2-11,14H2,1H3,(H,19,20,21);2*12,14-16H,2-11,13H2,1H3,(H,19,20,21);;;/q;;;3*+1/p-3. The molecule has 3 aromatic carbocycles. The van der Waals surface area contributed by atoms with E-state index in [0.29, 0.717) is 12.0 Å². The maximum absolute atomic E-state index is 11.2. The van der Waals surface area contributed by atoms with Crippen LogP contribution in [0.15, 0.2) is 87.5 Å². The molecule has 0 spiro atoms. The first-order chi connectivity index (χ1) is 31.6. The molecule has 0 fully saturated rings. The molecule has 0 saturated heterocycles. The van der Waals surface area contributed by atoms with E-state index < -0.39 is 30.4 Å². The van der Waals surface area contributed by atoms with E-state index in [1.807, 2.05) is 12.1 Å². The van der Waals surface area contributed by atoms with Gasteiger partial charge in [-0.1, -0.05) is 237 Å². The molecule has 0 saturated carbocycles. The normalized spacial score (nSPS) is 11.2. The number of hydrogen-bond donors (Lipinski definition) is 0. The predicted molar refractivity (Wildman–Crippen MR) is 270 cm³/mol. The van der Waals surface area contributed by atoms with Crippen molar-refractivity contribution < 1.29 is 128 Å². The van der Waals surface area contributed by atoms with Gasteiger partial charge in [0.25, 0.3) is 0 Å². The molecule has 0 bridgehead atoms. The Bertz CT molecular complexity index is 1900. The van der Waals surface area contributed by atoms with Gasteiger partial charge in [-0.05, 0) is 85.5 Å². The van der Waals surface area contributed by atoms with Crippen LogP contribution in [0.1, 0.15) is 230 Å². The molecule has 0 radical (unpaired) electrons. The average Bonchev–Trinajstić information content (AvgIpc) is 3.28. The van der Waals surface area contributed by atoms with Crippen molar-refractivity contribution >= 4 is 30.4 Å². The summed E-state index contributed by atoms with van der Waals surface area (Å²) in [7, 11) is -13.0. The number of unbranched alkanes of at least 4 members (excludes halogenated alkanes) is 27. The molecule has 3 rings (SSSR count). The maximum Gasteiger partial charge on any atom is 1.00 e. The van der Waals surface area contributed by atoms with Crippen molar-refractivity contribution in [2.45, 2.75) is 247 Å². The van der Waals surface area contributed by atoms with Crippen LogP contribution in [0.3, 0.4) is 0 Å². The van der Waals surface area contributed by atoms with Gasteiger partial charge in [-0.25, -0.2) is 25.3 Å². The van der Waals surface area contributed by atoms with Crippen molar-refractivity contribution in [1.29, 1.82) is 0 Å². The Hall–Kier alpha value is 0.390. The van der Waals surface area contributed by atoms with Crippen molar-refractivity contribution in [3.05, 3.63) is 89.5 Å². The monoisotopic (exact) mass is 1040 g/mol. The van der Waals surface area contributed by atoms with Gasteiger partial charge in [-0.3, -0.25) is 0 Å². The van der Waals surface area contributed by atoms with Crippen molar-refractivity contribution in [3.8, 4) is 0 Å². The van der Waals surface area contributed by atoms with Crippen LogP contribution >= 0.6 is 0 Å². The number of benzene rings is 3. The number of rotatable bonds is 36. The second-order valence-electron chi connectivity index (χ2n) is 18.1. The first-order valence-corrected chi connectivity index (χ1v) is 30.0. The van der Waals surface area contributed by atoms with Gasteiger partial charge >= 0.3 is 88.7 Å². The van der Waals surface area contributed by atoms with Crippen LogP contribution in [0, 0.1) is 0 Å². The smallest absolute Gasteiger partial charge is 0.744 e. The minimum Gasteiger partial charge on any atom is -0.744 e. The Kier molecular flexibility index (Phi) is 50.0. The second-order valence-corrected chi connectivity index (χ2v) is 22.2. The zero-order valence-electron chi connectivity index (χ0n) is 44.2. The summed E-state index contributed by atoms with van der Waals surface area (Å²) in [6.07, 6.45) is 40.5. The van der Waals surface area contributed by atoms with Crippen molar-refractivity contribution in [1.82, 2.24) is 0 Å². The summed E-state index contributed by atoms with van der Waals surface area (Å²) < 4.78 is 99.4. The van der Waals surface area contributed by atoms with Gasteiger partial charge in [-0.2, -0.15) is 0 Å². The molecule has 0 aliphatic heterocycles. The van der Waals surface area contributed by atoms with Crippen LogP contribution in [-0.2, 0) is 49.6 Å². The Morgan fingerprint density at radius 2 is 0.594 bits per heavy atom. The quantitative estimate of drug-likeness (QED) is 0.0375. The number of hydrogen-bond acceptors (Lipinski definition) is 9. The minimum absolute atomic E-state index is 0. The van der Waals surface area contributed by atoms with Gasteiger partial charge in [0.15, 0.2) is 0 Å². The van der Waals surface area contributed by atoms with Gasteiger partial charge in [0.2, 0.25) is 0 Å². The van der Waals surface area contributed by atoms with Gasteiger partial charge in [0.1, 0.15) is 30.4 Å². The van der Waals surface area contributed by atoms with Gasteiger partial charge in [0.05, 0.1) is 14.7 Å². The molecule has 378 valence electrons. The molecular weight excluding hydrogens is 958 g/mol. The Labute approximate surface area is 489 Å². The van der Waals surface area contributed by atoms with E-state index in [1.165, 1.54) is 197 Å². The molecule has 9 nitrogen and oxygen atoms in total. The summed E-state index contributed by atoms with van der Waals surface area (Å²) in [6.45, 7) is 6.71. The first-order valence-electron chi connectivity index (χ1n) is 25.8. The van der Waals surface area contributed by atoms with E-state index in [4.69, 9.17) is 0 Å². The summed E-state index contributed by atoms with van der Waals surface area (Å²) >= 11 is 0. The van der Waals surface area contributed by atoms with Crippen LogP contribution in [-0.4, -0.2) is 38.9 Å². The third kappa shape index (κ3) is 41.3. The first kappa shape index (κ1) is 73.6.